The molecule has 1 saturated heterocycles. The highest BCUT2D eigenvalue weighted by molar-refractivity contribution is 7.98. The van der Waals surface area contributed by atoms with Gasteiger partial charge in [-0.15, -0.1) is 16.9 Å². The molecule has 1 aromatic carbocycles. The minimum Gasteiger partial charge on any atom is -0.366 e. The number of hydrogen-bond donors (Lipinski definition) is 1. The van der Waals surface area contributed by atoms with Crippen molar-refractivity contribution in [2.45, 2.75) is 29.7 Å². The summed E-state index contributed by atoms with van der Waals surface area (Å²) in [5.74, 6) is 2.71. The highest BCUT2D eigenvalue weighted by atomic mass is 32.2. The lowest BCUT2D eigenvalue weighted by Crippen LogP contribution is -2.39. The molecule has 0 saturated carbocycles. The number of thioether (sulfide) groups is 1. The molecule has 1 fully saturated rings. The Balaban J connectivity index is 1.32. The van der Waals surface area contributed by atoms with Crippen LogP contribution in [0.25, 0.3) is 0 Å². The number of benzene rings is 1. The Hall–Kier alpha value is -2.67. The maximum absolute atomic E-state index is 4.80. The molecule has 0 spiro atoms. The lowest BCUT2D eigenvalue weighted by molar-refractivity contribution is 0.520. The molecular weight excluding hydrogens is 356 g/mol. The minimum absolute atomic E-state index is 0.418. The van der Waals surface area contributed by atoms with E-state index in [1.165, 1.54) is 5.56 Å². The van der Waals surface area contributed by atoms with E-state index in [-0.39, 0.29) is 0 Å². The SMILES string of the molecule is c1ccc(CSc2cncc(N3CCC(Nc4cccnn4)CC3)n2)cc1. The molecule has 27 heavy (non-hydrogen) atoms. The molecule has 2 aromatic heterocycles. The molecule has 1 N–H and O–H groups in total. The van der Waals surface area contributed by atoms with E-state index in [9.17, 15) is 0 Å². The van der Waals surface area contributed by atoms with Crippen LogP contribution < -0.4 is 10.2 Å². The van der Waals surface area contributed by atoms with Crippen LogP contribution in [0.1, 0.15) is 18.4 Å². The zero-order chi connectivity index (χ0) is 18.3. The first-order valence-corrected chi connectivity index (χ1v) is 10.1. The van der Waals surface area contributed by atoms with Gasteiger partial charge in [-0.05, 0) is 30.5 Å². The summed E-state index contributed by atoms with van der Waals surface area (Å²) in [7, 11) is 0. The van der Waals surface area contributed by atoms with Crippen molar-refractivity contribution in [1.29, 1.82) is 0 Å². The number of anilines is 2. The molecule has 3 aromatic rings. The molecule has 3 heterocycles. The number of aromatic nitrogens is 4. The third kappa shape index (κ3) is 4.95. The van der Waals surface area contributed by atoms with Gasteiger partial charge >= 0.3 is 0 Å². The predicted octanol–water partition coefficient (Wildman–Crippen LogP) is 3.64. The van der Waals surface area contributed by atoms with Crippen LogP contribution in [-0.2, 0) is 5.75 Å². The van der Waals surface area contributed by atoms with E-state index in [1.807, 2.05) is 30.6 Å². The molecule has 4 rings (SSSR count). The summed E-state index contributed by atoms with van der Waals surface area (Å²) in [6.07, 6.45) is 7.48. The lowest BCUT2D eigenvalue weighted by Gasteiger charge is -2.33. The summed E-state index contributed by atoms with van der Waals surface area (Å²) in [6.45, 7) is 1.92. The predicted molar refractivity (Wildman–Crippen MR) is 109 cm³/mol. The van der Waals surface area contributed by atoms with Crippen molar-refractivity contribution in [2.24, 2.45) is 0 Å². The molecule has 1 aliphatic heterocycles. The van der Waals surface area contributed by atoms with Crippen molar-refractivity contribution in [3.05, 3.63) is 66.6 Å². The lowest BCUT2D eigenvalue weighted by atomic mass is 10.1. The maximum atomic E-state index is 4.80. The van der Waals surface area contributed by atoms with Crippen molar-refractivity contribution in [1.82, 2.24) is 20.2 Å². The van der Waals surface area contributed by atoms with Gasteiger partial charge in [0.2, 0.25) is 0 Å². The summed E-state index contributed by atoms with van der Waals surface area (Å²) in [6, 6.07) is 14.7. The number of hydrogen-bond acceptors (Lipinski definition) is 7. The first-order chi connectivity index (χ1) is 13.4. The van der Waals surface area contributed by atoms with Gasteiger partial charge in [0.25, 0.3) is 0 Å². The molecule has 138 valence electrons. The Bertz CT molecular complexity index is 837. The minimum atomic E-state index is 0.418. The fourth-order valence-electron chi connectivity index (χ4n) is 3.13. The van der Waals surface area contributed by atoms with E-state index in [0.29, 0.717) is 6.04 Å². The Labute approximate surface area is 163 Å². The van der Waals surface area contributed by atoms with E-state index in [4.69, 9.17) is 4.98 Å². The zero-order valence-corrected chi connectivity index (χ0v) is 15.8. The van der Waals surface area contributed by atoms with E-state index >= 15 is 0 Å². The van der Waals surface area contributed by atoms with Gasteiger partial charge in [0.1, 0.15) is 16.7 Å². The summed E-state index contributed by atoms with van der Waals surface area (Å²) >= 11 is 1.73. The second kappa shape index (κ2) is 8.81. The van der Waals surface area contributed by atoms with Crippen molar-refractivity contribution >= 4 is 23.4 Å². The number of nitrogens with one attached hydrogen (secondary N) is 1. The molecule has 0 atom stereocenters. The topological polar surface area (TPSA) is 66.8 Å². The fraction of sp³-hybridized carbons (Fsp3) is 0.300. The van der Waals surface area contributed by atoms with Crippen LogP contribution in [-0.4, -0.2) is 39.3 Å². The summed E-state index contributed by atoms with van der Waals surface area (Å²) in [5, 5.41) is 12.5. The van der Waals surface area contributed by atoms with E-state index in [2.05, 4.69) is 49.7 Å². The Morgan fingerprint density at radius 1 is 1.04 bits per heavy atom. The van der Waals surface area contributed by atoms with Crippen LogP contribution >= 0.6 is 11.8 Å². The number of piperidine rings is 1. The van der Waals surface area contributed by atoms with Gasteiger partial charge in [-0.1, -0.05) is 30.3 Å². The molecule has 7 heteroatoms. The quantitative estimate of drug-likeness (QED) is 0.657. The Morgan fingerprint density at radius 3 is 2.67 bits per heavy atom. The fourth-order valence-corrected chi connectivity index (χ4v) is 3.93. The third-order valence-corrected chi connectivity index (χ3v) is 5.54. The molecule has 0 bridgehead atoms. The van der Waals surface area contributed by atoms with Crippen molar-refractivity contribution < 1.29 is 0 Å². The van der Waals surface area contributed by atoms with Gasteiger partial charge in [-0.3, -0.25) is 4.98 Å². The van der Waals surface area contributed by atoms with Gasteiger partial charge in [-0.25, -0.2) is 4.98 Å². The Kier molecular flexibility index (Phi) is 5.79. The summed E-state index contributed by atoms with van der Waals surface area (Å²) in [4.78, 5) is 11.5. The molecule has 0 amide bonds. The van der Waals surface area contributed by atoms with Gasteiger partial charge in [0.05, 0.1) is 12.4 Å². The highest BCUT2D eigenvalue weighted by Crippen LogP contribution is 2.24. The monoisotopic (exact) mass is 378 g/mol. The van der Waals surface area contributed by atoms with Gasteiger partial charge < -0.3 is 10.2 Å². The van der Waals surface area contributed by atoms with Crippen LogP contribution in [0.15, 0.2) is 66.1 Å². The molecular formula is C20H22N6S. The van der Waals surface area contributed by atoms with Crippen LogP contribution in [0.4, 0.5) is 11.6 Å². The first-order valence-electron chi connectivity index (χ1n) is 9.15. The van der Waals surface area contributed by atoms with Crippen molar-refractivity contribution in [3.8, 4) is 0 Å². The molecule has 1 aliphatic rings. The first kappa shape index (κ1) is 17.7. The second-order valence-corrected chi connectivity index (χ2v) is 7.50. The summed E-state index contributed by atoms with van der Waals surface area (Å²) in [5.41, 5.74) is 1.30. The highest BCUT2D eigenvalue weighted by Gasteiger charge is 2.20. The zero-order valence-electron chi connectivity index (χ0n) is 15.0. The van der Waals surface area contributed by atoms with Crippen LogP contribution in [0.3, 0.4) is 0 Å². The standard InChI is InChI=1S/C20H22N6S/c1-2-5-16(6-3-1)15-27-20-14-21-13-19(24-20)26-11-8-17(9-12-26)23-18-7-4-10-22-25-18/h1-7,10,13-14,17H,8-9,11-12,15H2,(H,23,25). The summed E-state index contributed by atoms with van der Waals surface area (Å²) < 4.78 is 0. The van der Waals surface area contributed by atoms with Crippen molar-refractivity contribution in [3.63, 3.8) is 0 Å². The van der Waals surface area contributed by atoms with Gasteiger partial charge in [0.15, 0.2) is 0 Å². The van der Waals surface area contributed by atoms with Crippen LogP contribution in [0, 0.1) is 0 Å². The molecule has 0 aliphatic carbocycles. The average Bonchev–Trinajstić information content (AvgIpc) is 2.75. The Morgan fingerprint density at radius 2 is 1.89 bits per heavy atom. The van der Waals surface area contributed by atoms with E-state index in [1.54, 1.807) is 18.0 Å². The van der Waals surface area contributed by atoms with E-state index in [0.717, 1.165) is 48.3 Å². The van der Waals surface area contributed by atoms with Gasteiger partial charge in [-0.2, -0.15) is 5.10 Å². The average molecular weight is 379 g/mol. The number of rotatable bonds is 6. The molecule has 0 unspecified atom stereocenters. The second-order valence-electron chi connectivity index (χ2n) is 6.50. The van der Waals surface area contributed by atoms with Gasteiger partial charge in [0, 0.05) is 31.1 Å². The van der Waals surface area contributed by atoms with Crippen molar-refractivity contribution in [2.75, 3.05) is 23.3 Å². The van der Waals surface area contributed by atoms with Crippen LogP contribution in [0.2, 0.25) is 0 Å². The van der Waals surface area contributed by atoms with Crippen LogP contribution in [0.5, 0.6) is 0 Å². The number of nitrogens with zero attached hydrogens (tertiary/aromatic N) is 5. The largest absolute Gasteiger partial charge is 0.366 e. The normalized spacial score (nSPS) is 14.9. The van der Waals surface area contributed by atoms with E-state index < -0.39 is 0 Å². The molecule has 0 radical (unpaired) electrons. The smallest absolute Gasteiger partial charge is 0.148 e. The maximum Gasteiger partial charge on any atom is 0.148 e. The molecule has 6 nitrogen and oxygen atoms in total. The third-order valence-electron chi connectivity index (χ3n) is 4.57.